The molecule has 8 nitrogen and oxygen atoms in total. The number of nitrogens with zero attached hydrogens (tertiary/aromatic N) is 5. The molecule has 0 unspecified atom stereocenters. The number of rotatable bonds is 6. The second-order valence-corrected chi connectivity index (χ2v) is 6.07. The summed E-state index contributed by atoms with van der Waals surface area (Å²) in [7, 11) is 1.82. The highest BCUT2D eigenvalue weighted by molar-refractivity contribution is 7.13. The maximum Gasteiger partial charge on any atom is 0.243 e. The van der Waals surface area contributed by atoms with Crippen LogP contribution in [0.1, 0.15) is 12.8 Å². The molecule has 3 heterocycles. The third kappa shape index (κ3) is 3.81. The van der Waals surface area contributed by atoms with Crippen LogP contribution in [0.4, 0.5) is 5.13 Å². The fraction of sp³-hybridized carbons (Fsp3) is 0.267. The van der Waals surface area contributed by atoms with E-state index < -0.39 is 0 Å². The van der Waals surface area contributed by atoms with E-state index in [4.69, 9.17) is 4.52 Å². The molecule has 0 fully saturated rings. The molecular formula is C15H16N6O2S. The number of pyridine rings is 1. The van der Waals surface area contributed by atoms with E-state index in [0.29, 0.717) is 23.4 Å². The molecule has 3 aromatic heterocycles. The van der Waals surface area contributed by atoms with Gasteiger partial charge in [-0.05, 0) is 26.1 Å². The fourth-order valence-corrected chi connectivity index (χ4v) is 2.51. The van der Waals surface area contributed by atoms with Gasteiger partial charge in [-0.3, -0.25) is 14.7 Å². The average Bonchev–Trinajstić information content (AvgIpc) is 3.27. The summed E-state index contributed by atoms with van der Waals surface area (Å²) in [5, 5.41) is 9.10. The number of hydrogen-bond acceptors (Lipinski definition) is 8. The first-order valence-corrected chi connectivity index (χ1v) is 8.15. The molecule has 0 aliphatic carbocycles. The lowest BCUT2D eigenvalue weighted by Crippen LogP contribution is -2.39. The van der Waals surface area contributed by atoms with Crippen LogP contribution in [0.15, 0.2) is 40.6 Å². The van der Waals surface area contributed by atoms with E-state index in [9.17, 15) is 4.79 Å². The predicted octanol–water partition coefficient (Wildman–Crippen LogP) is 2.05. The molecule has 0 saturated carbocycles. The molecule has 0 aromatic carbocycles. The molecule has 9 heteroatoms. The van der Waals surface area contributed by atoms with Crippen molar-refractivity contribution in [3.63, 3.8) is 0 Å². The Kier molecular flexibility index (Phi) is 4.92. The van der Waals surface area contributed by atoms with E-state index in [2.05, 4.69) is 25.4 Å². The van der Waals surface area contributed by atoms with Gasteiger partial charge in [-0.15, -0.1) is 11.3 Å². The lowest BCUT2D eigenvalue weighted by atomic mass is 10.2. The topological polar surface area (TPSA) is 97.0 Å². The van der Waals surface area contributed by atoms with Gasteiger partial charge in [0, 0.05) is 29.5 Å². The predicted molar refractivity (Wildman–Crippen MR) is 89.2 cm³/mol. The minimum absolute atomic E-state index is 0.139. The van der Waals surface area contributed by atoms with Gasteiger partial charge in [0.15, 0.2) is 5.13 Å². The lowest BCUT2D eigenvalue weighted by molar-refractivity contribution is -0.120. The largest absolute Gasteiger partial charge is 0.338 e. The van der Waals surface area contributed by atoms with Crippen molar-refractivity contribution in [3.05, 3.63) is 42.0 Å². The third-order valence-corrected chi connectivity index (χ3v) is 4.16. The molecule has 0 aliphatic heterocycles. The van der Waals surface area contributed by atoms with Gasteiger partial charge in [0.05, 0.1) is 12.6 Å². The Hall–Kier alpha value is -2.65. The third-order valence-electron chi connectivity index (χ3n) is 3.48. The standard InChI is InChI=1S/C15H16N6O2S/c1-10(14(22)19-15-17-6-7-24-15)21(2)9-12-18-13(20-23-12)11-4-3-5-16-8-11/h3-8,10H,9H2,1-2H3,(H,17,19,22)/t10-/m0/s1. The van der Waals surface area contributed by atoms with Crippen LogP contribution in [-0.2, 0) is 11.3 Å². The lowest BCUT2D eigenvalue weighted by Gasteiger charge is -2.21. The van der Waals surface area contributed by atoms with E-state index in [1.807, 2.05) is 29.5 Å². The van der Waals surface area contributed by atoms with Crippen LogP contribution < -0.4 is 5.32 Å². The molecule has 0 radical (unpaired) electrons. The van der Waals surface area contributed by atoms with Crippen LogP contribution >= 0.6 is 11.3 Å². The van der Waals surface area contributed by atoms with Crippen molar-refractivity contribution >= 4 is 22.4 Å². The molecule has 0 aliphatic rings. The highest BCUT2D eigenvalue weighted by atomic mass is 32.1. The van der Waals surface area contributed by atoms with E-state index in [0.717, 1.165) is 5.56 Å². The summed E-state index contributed by atoms with van der Waals surface area (Å²) in [4.78, 5) is 26.4. The quantitative estimate of drug-likeness (QED) is 0.731. The first kappa shape index (κ1) is 16.2. The molecule has 0 bridgehead atoms. The maximum atomic E-state index is 12.2. The molecule has 1 amide bonds. The first-order valence-electron chi connectivity index (χ1n) is 7.27. The Labute approximate surface area is 142 Å². The molecule has 3 aromatic rings. The van der Waals surface area contributed by atoms with Crippen molar-refractivity contribution in [1.29, 1.82) is 0 Å². The number of anilines is 1. The van der Waals surface area contributed by atoms with Crippen LogP contribution in [-0.4, -0.2) is 44.0 Å². The van der Waals surface area contributed by atoms with Gasteiger partial charge in [-0.25, -0.2) is 4.98 Å². The molecule has 0 spiro atoms. The number of hydrogen-bond donors (Lipinski definition) is 1. The molecule has 1 N–H and O–H groups in total. The normalized spacial score (nSPS) is 12.3. The van der Waals surface area contributed by atoms with Gasteiger partial charge < -0.3 is 9.84 Å². The van der Waals surface area contributed by atoms with Gasteiger partial charge >= 0.3 is 0 Å². The smallest absolute Gasteiger partial charge is 0.243 e. The Bertz CT molecular complexity index is 789. The van der Waals surface area contributed by atoms with Crippen molar-refractivity contribution in [2.45, 2.75) is 19.5 Å². The summed E-state index contributed by atoms with van der Waals surface area (Å²) in [6, 6.07) is 3.29. The van der Waals surface area contributed by atoms with E-state index in [1.54, 1.807) is 25.5 Å². The molecule has 1 atom stereocenters. The number of carbonyl (C=O) groups excluding carboxylic acids is 1. The maximum absolute atomic E-state index is 12.2. The van der Waals surface area contributed by atoms with Crippen LogP contribution in [0.3, 0.4) is 0 Å². The molecule has 124 valence electrons. The zero-order valence-electron chi connectivity index (χ0n) is 13.2. The summed E-state index contributed by atoms with van der Waals surface area (Å²) in [6.07, 6.45) is 5.00. The van der Waals surface area contributed by atoms with Crippen molar-refractivity contribution < 1.29 is 9.32 Å². The average molecular weight is 344 g/mol. The van der Waals surface area contributed by atoms with Gasteiger partial charge in [-0.2, -0.15) is 4.98 Å². The first-order chi connectivity index (χ1) is 11.6. The Balaban J connectivity index is 1.61. The number of nitrogens with one attached hydrogen (secondary N) is 1. The Morgan fingerprint density at radius 2 is 2.33 bits per heavy atom. The van der Waals surface area contributed by atoms with Crippen LogP contribution in [0.2, 0.25) is 0 Å². The molecule has 0 saturated heterocycles. The van der Waals surface area contributed by atoms with Gasteiger partial charge in [0.1, 0.15) is 0 Å². The van der Waals surface area contributed by atoms with Crippen molar-refractivity contribution in [2.75, 3.05) is 12.4 Å². The summed E-state index contributed by atoms with van der Waals surface area (Å²) < 4.78 is 5.25. The van der Waals surface area contributed by atoms with Crippen LogP contribution in [0, 0.1) is 0 Å². The Morgan fingerprint density at radius 3 is 3.04 bits per heavy atom. The highest BCUT2D eigenvalue weighted by Gasteiger charge is 2.21. The summed E-state index contributed by atoms with van der Waals surface area (Å²) in [5.74, 6) is 0.774. The SMILES string of the molecule is C[C@@H](C(=O)Nc1nccs1)N(C)Cc1nc(-c2cccnc2)no1. The van der Waals surface area contributed by atoms with Crippen molar-refractivity contribution in [1.82, 2.24) is 25.0 Å². The van der Waals surface area contributed by atoms with E-state index in [1.165, 1.54) is 11.3 Å². The number of carbonyl (C=O) groups is 1. The molecular weight excluding hydrogens is 328 g/mol. The van der Waals surface area contributed by atoms with E-state index in [-0.39, 0.29) is 11.9 Å². The summed E-state index contributed by atoms with van der Waals surface area (Å²) in [6.45, 7) is 2.17. The van der Waals surface area contributed by atoms with Gasteiger partial charge in [0.2, 0.25) is 17.6 Å². The summed E-state index contributed by atoms with van der Waals surface area (Å²) >= 11 is 1.38. The van der Waals surface area contributed by atoms with Crippen molar-refractivity contribution in [2.24, 2.45) is 0 Å². The molecule has 3 rings (SSSR count). The zero-order chi connectivity index (χ0) is 16.9. The Morgan fingerprint density at radius 1 is 1.46 bits per heavy atom. The number of thiazole rings is 1. The fourth-order valence-electron chi connectivity index (χ4n) is 1.98. The number of likely N-dealkylation sites (N-methyl/N-ethyl adjacent to an activating group) is 1. The van der Waals surface area contributed by atoms with Crippen LogP contribution in [0.25, 0.3) is 11.4 Å². The van der Waals surface area contributed by atoms with E-state index >= 15 is 0 Å². The highest BCUT2D eigenvalue weighted by Crippen LogP contribution is 2.16. The minimum atomic E-state index is -0.373. The summed E-state index contributed by atoms with van der Waals surface area (Å²) in [5.41, 5.74) is 0.782. The zero-order valence-corrected chi connectivity index (χ0v) is 14.0. The van der Waals surface area contributed by atoms with Crippen LogP contribution in [0.5, 0.6) is 0 Å². The second kappa shape index (κ2) is 7.28. The minimum Gasteiger partial charge on any atom is -0.338 e. The van der Waals surface area contributed by atoms with Gasteiger partial charge in [0.25, 0.3) is 0 Å². The molecule has 24 heavy (non-hydrogen) atoms. The monoisotopic (exact) mass is 344 g/mol. The van der Waals surface area contributed by atoms with Gasteiger partial charge in [-0.1, -0.05) is 5.16 Å². The second-order valence-electron chi connectivity index (χ2n) is 5.17. The number of aromatic nitrogens is 4. The number of amides is 1. The van der Waals surface area contributed by atoms with Crippen molar-refractivity contribution in [3.8, 4) is 11.4 Å².